The van der Waals surface area contributed by atoms with Crippen LogP contribution in [0.2, 0.25) is 0 Å². The van der Waals surface area contributed by atoms with Gasteiger partial charge < -0.3 is 9.47 Å². The number of hydrogen-bond donors (Lipinski definition) is 0. The third-order valence-corrected chi connectivity index (χ3v) is 1.73. The molecule has 0 aromatic heterocycles. The Bertz CT molecular complexity index is 318. The van der Waals surface area contributed by atoms with Gasteiger partial charge in [-0.15, -0.1) is 0 Å². The summed E-state index contributed by atoms with van der Waals surface area (Å²) >= 11 is 0. The van der Waals surface area contributed by atoms with Gasteiger partial charge in [0.05, 0.1) is 13.0 Å². The van der Waals surface area contributed by atoms with Gasteiger partial charge in [-0.05, 0) is 12.1 Å². The number of carbonyl (C=O) groups is 1. The van der Waals surface area contributed by atoms with Gasteiger partial charge in [-0.3, -0.25) is 4.79 Å². The fraction of sp³-hybridized carbons (Fsp3) is 0.364. The van der Waals surface area contributed by atoms with Crippen molar-refractivity contribution in [2.75, 3.05) is 7.11 Å². The van der Waals surface area contributed by atoms with E-state index in [4.69, 9.17) is 9.47 Å². The second kappa shape index (κ2) is 4.65. The molecule has 0 bridgehead atoms. The Morgan fingerprint density at radius 1 is 1.29 bits per heavy atom. The van der Waals surface area contributed by atoms with Crippen molar-refractivity contribution in [2.45, 2.75) is 13.8 Å². The summed E-state index contributed by atoms with van der Waals surface area (Å²) in [6.45, 7) is 3.59. The zero-order valence-corrected chi connectivity index (χ0v) is 8.61. The van der Waals surface area contributed by atoms with E-state index >= 15 is 0 Å². The number of benzene rings is 1. The third kappa shape index (κ3) is 2.76. The molecule has 0 aliphatic carbocycles. The molecular formula is C11H14O3. The molecule has 0 saturated carbocycles. The lowest BCUT2D eigenvalue weighted by Crippen LogP contribution is -2.14. The number of ether oxygens (including phenoxy) is 2. The largest absolute Gasteiger partial charge is 0.497 e. The third-order valence-electron chi connectivity index (χ3n) is 1.73. The molecule has 0 spiro atoms. The Labute approximate surface area is 83.6 Å². The van der Waals surface area contributed by atoms with Crippen LogP contribution in [0.15, 0.2) is 24.3 Å². The summed E-state index contributed by atoms with van der Waals surface area (Å²) in [5.74, 6) is 0.835. The zero-order chi connectivity index (χ0) is 10.6. The second-order valence-electron chi connectivity index (χ2n) is 3.25. The summed E-state index contributed by atoms with van der Waals surface area (Å²) in [6.07, 6.45) is 0. The van der Waals surface area contributed by atoms with Gasteiger partial charge in [0.15, 0.2) is 0 Å². The summed E-state index contributed by atoms with van der Waals surface area (Å²) < 4.78 is 10.1. The number of hydrogen-bond acceptors (Lipinski definition) is 3. The molecule has 0 saturated heterocycles. The summed E-state index contributed by atoms with van der Waals surface area (Å²) in [6, 6.07) is 6.98. The topological polar surface area (TPSA) is 35.5 Å². The van der Waals surface area contributed by atoms with Crippen LogP contribution in [-0.4, -0.2) is 13.1 Å². The van der Waals surface area contributed by atoms with Crippen molar-refractivity contribution < 1.29 is 14.3 Å². The first-order chi connectivity index (χ1) is 6.63. The van der Waals surface area contributed by atoms with Crippen LogP contribution in [-0.2, 0) is 4.79 Å². The number of esters is 1. The van der Waals surface area contributed by atoms with Crippen LogP contribution >= 0.6 is 0 Å². The van der Waals surface area contributed by atoms with E-state index < -0.39 is 0 Å². The number of rotatable bonds is 3. The van der Waals surface area contributed by atoms with Crippen LogP contribution in [0.25, 0.3) is 0 Å². The monoisotopic (exact) mass is 194 g/mol. The van der Waals surface area contributed by atoms with Gasteiger partial charge in [-0.1, -0.05) is 19.9 Å². The van der Waals surface area contributed by atoms with Gasteiger partial charge >= 0.3 is 5.97 Å². The normalized spacial score (nSPS) is 10.0. The minimum Gasteiger partial charge on any atom is -0.497 e. The maximum absolute atomic E-state index is 11.2. The zero-order valence-electron chi connectivity index (χ0n) is 8.61. The van der Waals surface area contributed by atoms with Crippen molar-refractivity contribution >= 4 is 5.97 Å². The van der Waals surface area contributed by atoms with E-state index in [1.54, 1.807) is 45.2 Å². The minimum absolute atomic E-state index is 0.124. The number of carbonyl (C=O) groups excluding carboxylic acids is 1. The lowest BCUT2D eigenvalue weighted by Gasteiger charge is -2.07. The molecule has 0 aliphatic heterocycles. The summed E-state index contributed by atoms with van der Waals surface area (Å²) in [4.78, 5) is 11.2. The summed E-state index contributed by atoms with van der Waals surface area (Å²) in [7, 11) is 1.57. The van der Waals surface area contributed by atoms with Crippen LogP contribution in [0.5, 0.6) is 11.5 Å². The predicted molar refractivity (Wildman–Crippen MR) is 53.5 cm³/mol. The molecule has 0 heterocycles. The first kappa shape index (κ1) is 10.6. The molecule has 14 heavy (non-hydrogen) atoms. The highest BCUT2D eigenvalue weighted by Crippen LogP contribution is 2.19. The molecule has 0 fully saturated rings. The summed E-state index contributed by atoms with van der Waals surface area (Å²) in [5, 5.41) is 0. The molecule has 1 aromatic carbocycles. The maximum Gasteiger partial charge on any atom is 0.313 e. The average Bonchev–Trinajstić information content (AvgIpc) is 2.18. The minimum atomic E-state index is -0.238. The van der Waals surface area contributed by atoms with E-state index in [2.05, 4.69) is 0 Å². The SMILES string of the molecule is COc1cccc(OC(=O)C(C)C)c1. The van der Waals surface area contributed by atoms with Crippen LogP contribution in [0.4, 0.5) is 0 Å². The summed E-state index contributed by atoms with van der Waals surface area (Å²) in [5.41, 5.74) is 0. The standard InChI is InChI=1S/C11H14O3/c1-8(2)11(12)14-10-6-4-5-9(7-10)13-3/h4-8H,1-3H3. The van der Waals surface area contributed by atoms with E-state index in [1.165, 1.54) is 0 Å². The van der Waals surface area contributed by atoms with Gasteiger partial charge in [0.25, 0.3) is 0 Å². The Kier molecular flexibility index (Phi) is 3.51. The van der Waals surface area contributed by atoms with E-state index in [1.807, 2.05) is 0 Å². The first-order valence-electron chi connectivity index (χ1n) is 4.49. The predicted octanol–water partition coefficient (Wildman–Crippen LogP) is 2.26. The molecule has 0 unspecified atom stereocenters. The second-order valence-corrected chi connectivity index (χ2v) is 3.25. The Hall–Kier alpha value is -1.51. The van der Waals surface area contributed by atoms with Crippen LogP contribution in [0.1, 0.15) is 13.8 Å². The van der Waals surface area contributed by atoms with E-state index in [0.29, 0.717) is 11.5 Å². The first-order valence-corrected chi connectivity index (χ1v) is 4.49. The smallest absolute Gasteiger partial charge is 0.313 e. The Morgan fingerprint density at radius 2 is 1.93 bits per heavy atom. The Balaban J connectivity index is 2.72. The lowest BCUT2D eigenvalue weighted by molar-refractivity contribution is -0.137. The van der Waals surface area contributed by atoms with Crippen molar-refractivity contribution in [3.8, 4) is 11.5 Å². The molecule has 3 heteroatoms. The molecule has 0 aliphatic rings. The molecule has 0 amide bonds. The van der Waals surface area contributed by atoms with Crippen LogP contribution in [0, 0.1) is 5.92 Å². The number of methoxy groups -OCH3 is 1. The molecule has 0 atom stereocenters. The highest BCUT2D eigenvalue weighted by atomic mass is 16.5. The van der Waals surface area contributed by atoms with Gasteiger partial charge in [-0.2, -0.15) is 0 Å². The maximum atomic E-state index is 11.2. The molecule has 76 valence electrons. The van der Waals surface area contributed by atoms with Crippen LogP contribution < -0.4 is 9.47 Å². The van der Waals surface area contributed by atoms with Crippen molar-refractivity contribution in [2.24, 2.45) is 5.92 Å². The Morgan fingerprint density at radius 3 is 2.50 bits per heavy atom. The van der Waals surface area contributed by atoms with Gasteiger partial charge in [0.2, 0.25) is 0 Å². The van der Waals surface area contributed by atoms with E-state index in [9.17, 15) is 4.79 Å². The lowest BCUT2D eigenvalue weighted by atomic mass is 10.2. The van der Waals surface area contributed by atoms with Gasteiger partial charge in [0, 0.05) is 6.07 Å². The fourth-order valence-electron chi connectivity index (χ4n) is 0.899. The molecule has 1 rings (SSSR count). The molecular weight excluding hydrogens is 180 g/mol. The van der Waals surface area contributed by atoms with Crippen molar-refractivity contribution in [1.29, 1.82) is 0 Å². The van der Waals surface area contributed by atoms with Crippen molar-refractivity contribution in [3.05, 3.63) is 24.3 Å². The highest BCUT2D eigenvalue weighted by molar-refractivity contribution is 5.74. The molecule has 0 radical (unpaired) electrons. The fourth-order valence-corrected chi connectivity index (χ4v) is 0.899. The van der Waals surface area contributed by atoms with E-state index in [-0.39, 0.29) is 11.9 Å². The van der Waals surface area contributed by atoms with Gasteiger partial charge in [0.1, 0.15) is 11.5 Å². The average molecular weight is 194 g/mol. The highest BCUT2D eigenvalue weighted by Gasteiger charge is 2.09. The molecule has 3 nitrogen and oxygen atoms in total. The van der Waals surface area contributed by atoms with Crippen molar-refractivity contribution in [1.82, 2.24) is 0 Å². The molecule has 0 N–H and O–H groups in total. The van der Waals surface area contributed by atoms with Crippen molar-refractivity contribution in [3.63, 3.8) is 0 Å². The van der Waals surface area contributed by atoms with Crippen LogP contribution in [0.3, 0.4) is 0 Å². The quantitative estimate of drug-likeness (QED) is 0.547. The molecule has 1 aromatic rings. The van der Waals surface area contributed by atoms with Gasteiger partial charge in [-0.25, -0.2) is 0 Å². The van der Waals surface area contributed by atoms with E-state index in [0.717, 1.165) is 0 Å².